The van der Waals surface area contributed by atoms with Crippen molar-refractivity contribution >= 4 is 34.2 Å². The summed E-state index contributed by atoms with van der Waals surface area (Å²) in [6.45, 7) is 0.709. The van der Waals surface area contributed by atoms with Crippen LogP contribution < -0.4 is 5.56 Å². The van der Waals surface area contributed by atoms with Crippen LogP contribution in [0.1, 0.15) is 17.8 Å². The molecule has 0 saturated heterocycles. The SMILES string of the molecule is O=c1nc2n(c3ccccc13)CC/C2=C\c1c(F)cccc1Cl. The lowest BCUT2D eigenvalue weighted by molar-refractivity contribution is 0.625. The molecule has 3 nitrogen and oxygen atoms in total. The zero-order valence-corrected chi connectivity index (χ0v) is 12.8. The summed E-state index contributed by atoms with van der Waals surface area (Å²) in [5, 5.41) is 0.945. The number of halogens is 2. The highest BCUT2D eigenvalue weighted by Gasteiger charge is 2.21. The molecule has 0 N–H and O–H groups in total. The predicted molar refractivity (Wildman–Crippen MR) is 89.9 cm³/mol. The van der Waals surface area contributed by atoms with Crippen molar-refractivity contribution in [2.24, 2.45) is 0 Å². The highest BCUT2D eigenvalue weighted by atomic mass is 35.5. The van der Waals surface area contributed by atoms with Crippen molar-refractivity contribution in [2.75, 3.05) is 0 Å². The molecular weight excluding hydrogens is 315 g/mol. The van der Waals surface area contributed by atoms with Gasteiger partial charge in [0.05, 0.1) is 15.9 Å². The molecule has 0 spiro atoms. The van der Waals surface area contributed by atoms with Crippen molar-refractivity contribution in [3.8, 4) is 0 Å². The number of allylic oxidation sites excluding steroid dienone is 1. The Kier molecular flexibility index (Phi) is 3.27. The van der Waals surface area contributed by atoms with E-state index < -0.39 is 0 Å². The van der Waals surface area contributed by atoms with Gasteiger partial charge < -0.3 is 4.57 Å². The van der Waals surface area contributed by atoms with Crippen LogP contribution in [0.3, 0.4) is 0 Å². The second-order valence-electron chi connectivity index (χ2n) is 5.46. The molecule has 0 amide bonds. The lowest BCUT2D eigenvalue weighted by atomic mass is 10.1. The van der Waals surface area contributed by atoms with E-state index in [-0.39, 0.29) is 11.4 Å². The van der Waals surface area contributed by atoms with Crippen LogP contribution in [-0.4, -0.2) is 9.55 Å². The molecule has 0 aliphatic carbocycles. The van der Waals surface area contributed by atoms with E-state index in [4.69, 9.17) is 11.6 Å². The minimum atomic E-state index is -0.383. The van der Waals surface area contributed by atoms with Gasteiger partial charge in [-0.05, 0) is 42.3 Å². The van der Waals surface area contributed by atoms with Crippen LogP contribution in [0.2, 0.25) is 5.02 Å². The topological polar surface area (TPSA) is 34.9 Å². The number of benzene rings is 2. The average molecular weight is 327 g/mol. The molecule has 0 unspecified atom stereocenters. The monoisotopic (exact) mass is 326 g/mol. The molecule has 0 fully saturated rings. The van der Waals surface area contributed by atoms with Crippen LogP contribution in [0, 0.1) is 5.82 Å². The quantitative estimate of drug-likeness (QED) is 0.674. The number of hydrogen-bond donors (Lipinski definition) is 0. The minimum absolute atomic E-state index is 0.265. The fourth-order valence-electron chi connectivity index (χ4n) is 3.00. The van der Waals surface area contributed by atoms with E-state index in [0.717, 1.165) is 11.1 Å². The third-order valence-electron chi connectivity index (χ3n) is 4.10. The first-order chi connectivity index (χ1) is 11.1. The Labute approximate surface area is 136 Å². The lowest BCUT2D eigenvalue weighted by Crippen LogP contribution is -2.14. The maximum absolute atomic E-state index is 14.0. The number of fused-ring (bicyclic) bond motifs is 3. The van der Waals surface area contributed by atoms with E-state index in [9.17, 15) is 9.18 Å². The zero-order chi connectivity index (χ0) is 16.0. The highest BCUT2D eigenvalue weighted by molar-refractivity contribution is 6.32. The molecule has 1 aliphatic rings. The molecule has 2 aromatic carbocycles. The Morgan fingerprint density at radius 2 is 2.00 bits per heavy atom. The Hall–Kier alpha value is -2.46. The van der Waals surface area contributed by atoms with Crippen molar-refractivity contribution in [1.29, 1.82) is 0 Å². The van der Waals surface area contributed by atoms with Crippen molar-refractivity contribution in [3.63, 3.8) is 0 Å². The normalized spacial score (nSPS) is 15.3. The van der Waals surface area contributed by atoms with Gasteiger partial charge in [0.15, 0.2) is 0 Å². The van der Waals surface area contributed by atoms with E-state index in [2.05, 4.69) is 4.98 Å². The molecule has 3 aromatic rings. The third-order valence-corrected chi connectivity index (χ3v) is 4.43. The Bertz CT molecular complexity index is 1000. The molecule has 4 rings (SSSR count). The number of aryl methyl sites for hydroxylation is 1. The number of hydrogen-bond acceptors (Lipinski definition) is 2. The van der Waals surface area contributed by atoms with Gasteiger partial charge in [0.1, 0.15) is 11.6 Å². The van der Waals surface area contributed by atoms with E-state index in [1.807, 2.05) is 22.8 Å². The van der Waals surface area contributed by atoms with Crippen molar-refractivity contribution in [2.45, 2.75) is 13.0 Å². The third kappa shape index (κ3) is 2.26. The largest absolute Gasteiger partial charge is 0.325 e. The van der Waals surface area contributed by atoms with Gasteiger partial charge in [-0.15, -0.1) is 0 Å². The molecular formula is C18H12ClFN2O. The Morgan fingerprint density at radius 1 is 1.17 bits per heavy atom. The van der Waals surface area contributed by atoms with Gasteiger partial charge in [-0.25, -0.2) is 4.39 Å². The molecule has 1 aromatic heterocycles. The van der Waals surface area contributed by atoms with Crippen LogP contribution in [0.25, 0.3) is 22.6 Å². The highest BCUT2D eigenvalue weighted by Crippen LogP contribution is 2.31. The molecule has 0 radical (unpaired) electrons. The average Bonchev–Trinajstić information content (AvgIpc) is 2.94. The lowest BCUT2D eigenvalue weighted by Gasteiger charge is -2.07. The first-order valence-electron chi connectivity index (χ1n) is 7.30. The van der Waals surface area contributed by atoms with Gasteiger partial charge in [0.25, 0.3) is 5.56 Å². The van der Waals surface area contributed by atoms with Crippen LogP contribution >= 0.6 is 11.6 Å². The molecule has 0 atom stereocenters. The van der Waals surface area contributed by atoms with E-state index in [1.165, 1.54) is 6.07 Å². The number of rotatable bonds is 1. The van der Waals surface area contributed by atoms with E-state index >= 15 is 0 Å². The maximum Gasteiger partial charge on any atom is 0.281 e. The van der Waals surface area contributed by atoms with Gasteiger partial charge in [-0.3, -0.25) is 4.79 Å². The molecule has 0 bridgehead atoms. The molecule has 23 heavy (non-hydrogen) atoms. The zero-order valence-electron chi connectivity index (χ0n) is 12.1. The second-order valence-corrected chi connectivity index (χ2v) is 5.87. The summed E-state index contributed by atoms with van der Waals surface area (Å²) in [5.74, 6) is 0.208. The van der Waals surface area contributed by atoms with Crippen LogP contribution in [0.15, 0.2) is 47.3 Å². The predicted octanol–water partition coefficient (Wildman–Crippen LogP) is 4.13. The standard InChI is InChI=1S/C18H12ClFN2O/c19-14-5-3-6-15(20)13(14)10-11-8-9-22-16-7-2-1-4-12(16)18(23)21-17(11)22/h1-7,10H,8-9H2/b11-10+. The Balaban J connectivity index is 1.95. The van der Waals surface area contributed by atoms with Crippen molar-refractivity contribution < 1.29 is 4.39 Å². The summed E-state index contributed by atoms with van der Waals surface area (Å²) in [6, 6.07) is 12.0. The molecule has 5 heteroatoms. The van der Waals surface area contributed by atoms with Crippen LogP contribution in [0.4, 0.5) is 4.39 Å². The summed E-state index contributed by atoms with van der Waals surface area (Å²) in [4.78, 5) is 16.4. The van der Waals surface area contributed by atoms with Crippen molar-refractivity contribution in [1.82, 2.24) is 9.55 Å². The summed E-state index contributed by atoms with van der Waals surface area (Å²) in [5.41, 5.74) is 1.74. The molecule has 1 aliphatic heterocycles. The first-order valence-corrected chi connectivity index (χ1v) is 7.67. The number of para-hydroxylation sites is 1. The summed E-state index contributed by atoms with van der Waals surface area (Å²) in [6.07, 6.45) is 2.38. The summed E-state index contributed by atoms with van der Waals surface area (Å²) in [7, 11) is 0. The van der Waals surface area contributed by atoms with Gasteiger partial charge in [0.2, 0.25) is 0 Å². The minimum Gasteiger partial charge on any atom is -0.325 e. The first kappa shape index (κ1) is 14.2. The smallest absolute Gasteiger partial charge is 0.281 e. The summed E-state index contributed by atoms with van der Waals surface area (Å²) >= 11 is 6.09. The van der Waals surface area contributed by atoms with Crippen LogP contribution in [-0.2, 0) is 6.54 Å². The Morgan fingerprint density at radius 3 is 2.83 bits per heavy atom. The molecule has 114 valence electrons. The van der Waals surface area contributed by atoms with Gasteiger partial charge in [-0.2, -0.15) is 4.98 Å². The maximum atomic E-state index is 14.0. The fraction of sp³-hybridized carbons (Fsp3) is 0.111. The van der Waals surface area contributed by atoms with E-state index in [1.54, 1.807) is 24.3 Å². The number of nitrogens with zero attached hydrogens (tertiary/aromatic N) is 2. The van der Waals surface area contributed by atoms with Gasteiger partial charge >= 0.3 is 0 Å². The second kappa shape index (κ2) is 5.32. The van der Waals surface area contributed by atoms with Gasteiger partial charge in [0, 0.05) is 12.1 Å². The fourth-order valence-corrected chi connectivity index (χ4v) is 3.21. The van der Waals surface area contributed by atoms with Gasteiger partial charge in [-0.1, -0.05) is 29.8 Å². The molecule has 0 saturated carbocycles. The number of aromatic nitrogens is 2. The molecule has 2 heterocycles. The van der Waals surface area contributed by atoms with Crippen LogP contribution in [0.5, 0.6) is 0 Å². The summed E-state index contributed by atoms with van der Waals surface area (Å²) < 4.78 is 16.0. The van der Waals surface area contributed by atoms with Crippen molar-refractivity contribution in [3.05, 3.63) is 75.0 Å². The van der Waals surface area contributed by atoms with E-state index in [0.29, 0.717) is 34.8 Å².